The van der Waals surface area contributed by atoms with E-state index >= 15 is 0 Å². The molecule has 0 N–H and O–H groups in total. The molecule has 0 atom stereocenters. The molecule has 2 aliphatic carbocycles. The molecule has 1 aliphatic heterocycles. The van der Waals surface area contributed by atoms with Gasteiger partial charge in [0.25, 0.3) is 0 Å². The van der Waals surface area contributed by atoms with Crippen molar-refractivity contribution in [1.82, 2.24) is 4.31 Å². The van der Waals surface area contributed by atoms with Crippen LogP contribution >= 0.6 is 0 Å². The van der Waals surface area contributed by atoms with Gasteiger partial charge in [-0.2, -0.15) is 4.31 Å². The molecule has 2 saturated carbocycles. The van der Waals surface area contributed by atoms with Gasteiger partial charge >= 0.3 is 0 Å². The maximum atomic E-state index is 13.5. The van der Waals surface area contributed by atoms with Crippen molar-refractivity contribution in [3.8, 4) is 22.6 Å². The second kappa shape index (κ2) is 10.1. The Morgan fingerprint density at radius 2 is 1.72 bits per heavy atom. The number of benzene rings is 3. The van der Waals surface area contributed by atoms with Crippen LogP contribution in [0.5, 0.6) is 11.5 Å². The largest absolute Gasteiger partial charge is 0.454 e. The average Bonchev–Trinajstić information content (AvgIpc) is 3.87. The minimum absolute atomic E-state index is 0.212. The van der Waals surface area contributed by atoms with E-state index < -0.39 is 15.4 Å². The van der Waals surface area contributed by atoms with Gasteiger partial charge < -0.3 is 9.47 Å². The van der Waals surface area contributed by atoms with E-state index in [4.69, 9.17) is 9.47 Å². The van der Waals surface area contributed by atoms with Crippen molar-refractivity contribution in [1.29, 1.82) is 0 Å². The predicted molar refractivity (Wildman–Crippen MR) is 151 cm³/mol. The zero-order chi connectivity index (χ0) is 27.2. The fraction of sp³-hybridized carbons (Fsp3) is 0.406. The summed E-state index contributed by atoms with van der Waals surface area (Å²) in [5.41, 5.74) is 4.55. The van der Waals surface area contributed by atoms with Crippen molar-refractivity contribution in [3.63, 3.8) is 0 Å². The number of rotatable bonds is 11. The Morgan fingerprint density at radius 3 is 2.41 bits per heavy atom. The van der Waals surface area contributed by atoms with E-state index in [1.807, 2.05) is 56.3 Å². The molecule has 6 rings (SSSR count). The molecule has 0 bridgehead atoms. The third-order valence-corrected chi connectivity index (χ3v) is 10.2. The molecule has 39 heavy (non-hydrogen) atoms. The van der Waals surface area contributed by atoms with Crippen LogP contribution in [0, 0.1) is 12.8 Å². The fourth-order valence-corrected chi connectivity index (χ4v) is 7.20. The lowest BCUT2D eigenvalue weighted by Gasteiger charge is -2.21. The number of ketones is 1. The van der Waals surface area contributed by atoms with Crippen molar-refractivity contribution in [2.75, 3.05) is 19.9 Å². The highest BCUT2D eigenvalue weighted by Gasteiger charge is 2.50. The summed E-state index contributed by atoms with van der Waals surface area (Å²) < 4.78 is 39.3. The predicted octanol–water partition coefficient (Wildman–Crippen LogP) is 6.04. The topological polar surface area (TPSA) is 72.9 Å². The van der Waals surface area contributed by atoms with E-state index in [-0.39, 0.29) is 12.6 Å². The molecule has 0 aromatic heterocycles. The van der Waals surface area contributed by atoms with Crippen LogP contribution in [0.25, 0.3) is 11.1 Å². The van der Waals surface area contributed by atoms with Crippen LogP contribution in [-0.4, -0.2) is 38.4 Å². The van der Waals surface area contributed by atoms with Crippen molar-refractivity contribution in [2.45, 2.75) is 62.7 Å². The first-order chi connectivity index (χ1) is 18.8. The Bertz CT molecular complexity index is 1500. The second-order valence-corrected chi connectivity index (χ2v) is 13.2. The van der Waals surface area contributed by atoms with Gasteiger partial charge in [-0.05, 0) is 97.0 Å². The normalized spacial score (nSPS) is 17.4. The molecule has 0 spiro atoms. The summed E-state index contributed by atoms with van der Waals surface area (Å²) in [6, 6.07) is 19.2. The summed E-state index contributed by atoms with van der Waals surface area (Å²) in [5, 5.41) is 0. The first-order valence-corrected chi connectivity index (χ1v) is 15.4. The van der Waals surface area contributed by atoms with Crippen molar-refractivity contribution >= 4 is 15.8 Å². The molecule has 3 aromatic rings. The number of sulfonamides is 1. The minimum atomic E-state index is -3.52. The summed E-state index contributed by atoms with van der Waals surface area (Å²) in [6.45, 7) is 5.43. The number of nitrogens with zero attached hydrogens (tertiary/aromatic N) is 1. The molecular formula is C32H35NO5S. The van der Waals surface area contributed by atoms with Crippen molar-refractivity contribution < 1.29 is 22.7 Å². The third-order valence-electron chi connectivity index (χ3n) is 8.31. The molecule has 3 aliphatic rings. The van der Waals surface area contributed by atoms with E-state index in [0.717, 1.165) is 65.7 Å². The molecule has 2 fully saturated rings. The van der Waals surface area contributed by atoms with Crippen LogP contribution in [0.4, 0.5) is 0 Å². The number of ether oxygens (including phenoxy) is 2. The zero-order valence-electron chi connectivity index (χ0n) is 22.6. The van der Waals surface area contributed by atoms with Crippen LogP contribution in [0.15, 0.2) is 65.6 Å². The molecule has 0 radical (unpaired) electrons. The van der Waals surface area contributed by atoms with Gasteiger partial charge in [-0.1, -0.05) is 43.3 Å². The second-order valence-electron chi connectivity index (χ2n) is 11.2. The average molecular weight is 546 g/mol. The quantitative estimate of drug-likeness (QED) is 0.294. The van der Waals surface area contributed by atoms with Gasteiger partial charge in [-0.15, -0.1) is 0 Å². The monoisotopic (exact) mass is 545 g/mol. The van der Waals surface area contributed by atoms with E-state index in [0.29, 0.717) is 36.1 Å². The molecule has 3 aromatic carbocycles. The number of aryl methyl sites for hydroxylation is 1. The summed E-state index contributed by atoms with van der Waals surface area (Å²) in [4.78, 5) is 13.9. The van der Waals surface area contributed by atoms with Gasteiger partial charge in [0, 0.05) is 19.5 Å². The molecule has 0 unspecified atom stereocenters. The van der Waals surface area contributed by atoms with Gasteiger partial charge in [-0.3, -0.25) is 4.79 Å². The number of hydrogen-bond donors (Lipinski definition) is 0. The Hall–Kier alpha value is -3.16. The summed E-state index contributed by atoms with van der Waals surface area (Å²) in [6.07, 6.45) is 5.06. The van der Waals surface area contributed by atoms with E-state index in [1.165, 1.54) is 0 Å². The number of Topliss-reactive ketones (excluding diaryl/α,β-unsaturated/α-hetero) is 1. The highest BCUT2D eigenvalue weighted by molar-refractivity contribution is 7.89. The molecule has 7 heteroatoms. The van der Waals surface area contributed by atoms with Crippen LogP contribution in [-0.2, 0) is 26.7 Å². The molecule has 0 amide bonds. The lowest BCUT2D eigenvalue weighted by atomic mass is 9.87. The van der Waals surface area contributed by atoms with E-state index in [2.05, 4.69) is 6.07 Å². The van der Waals surface area contributed by atoms with E-state index in [1.54, 1.807) is 16.4 Å². The maximum absolute atomic E-state index is 13.5. The Morgan fingerprint density at radius 1 is 0.974 bits per heavy atom. The number of hydrogen-bond acceptors (Lipinski definition) is 5. The lowest BCUT2D eigenvalue weighted by molar-refractivity contribution is -0.120. The maximum Gasteiger partial charge on any atom is 0.243 e. The fourth-order valence-electron chi connectivity index (χ4n) is 5.60. The highest BCUT2D eigenvalue weighted by Crippen LogP contribution is 2.51. The lowest BCUT2D eigenvalue weighted by Crippen LogP contribution is -2.33. The van der Waals surface area contributed by atoms with E-state index in [9.17, 15) is 13.2 Å². The van der Waals surface area contributed by atoms with Crippen LogP contribution in [0.2, 0.25) is 0 Å². The Balaban J connectivity index is 1.21. The van der Waals surface area contributed by atoms with Crippen LogP contribution in [0.3, 0.4) is 0 Å². The molecular weight excluding hydrogens is 510 g/mol. The van der Waals surface area contributed by atoms with Gasteiger partial charge in [0.15, 0.2) is 11.5 Å². The number of carbonyl (C=O) groups is 1. The zero-order valence-corrected chi connectivity index (χ0v) is 23.4. The molecule has 0 saturated heterocycles. The summed E-state index contributed by atoms with van der Waals surface area (Å²) in [7, 11) is -3.52. The SMILES string of the molecule is CCCN(CC1CC1)S(=O)(=O)c1ccc(-c2cc(CC(=O)C3(c4ccc5c(c4)OCO5)CC3)ccc2C)cc1. The standard InChI is InChI=1S/C32H35NO5S/c1-3-16-33(20-23-6-7-23)39(35,36)27-11-8-25(9-12-27)28-17-24(5-4-22(28)2)18-31(34)32(14-15-32)26-10-13-29-30(19-26)38-21-37-29/h4-5,8-13,17,19,23H,3,6-7,14-16,18,20-21H2,1-2H3. The molecule has 6 nitrogen and oxygen atoms in total. The number of carbonyl (C=O) groups excluding carboxylic acids is 1. The van der Waals surface area contributed by atoms with Crippen molar-refractivity contribution in [2.24, 2.45) is 5.92 Å². The molecule has 1 heterocycles. The Labute approximate surface area is 231 Å². The highest BCUT2D eigenvalue weighted by atomic mass is 32.2. The Kier molecular flexibility index (Phi) is 6.76. The first-order valence-electron chi connectivity index (χ1n) is 13.9. The van der Waals surface area contributed by atoms with Crippen LogP contribution < -0.4 is 9.47 Å². The smallest absolute Gasteiger partial charge is 0.243 e. The molecule has 204 valence electrons. The van der Waals surface area contributed by atoms with Gasteiger partial charge in [-0.25, -0.2) is 8.42 Å². The summed E-state index contributed by atoms with van der Waals surface area (Å²) >= 11 is 0. The minimum Gasteiger partial charge on any atom is -0.454 e. The first kappa shape index (κ1) is 26.1. The third kappa shape index (κ3) is 5.10. The van der Waals surface area contributed by atoms with Crippen LogP contribution in [0.1, 0.15) is 55.7 Å². The van der Waals surface area contributed by atoms with Crippen molar-refractivity contribution in [3.05, 3.63) is 77.4 Å². The number of fused-ring (bicyclic) bond motifs is 1. The van der Waals surface area contributed by atoms with Gasteiger partial charge in [0.05, 0.1) is 10.3 Å². The summed E-state index contributed by atoms with van der Waals surface area (Å²) in [5.74, 6) is 2.15. The van der Waals surface area contributed by atoms with Gasteiger partial charge in [0.1, 0.15) is 5.78 Å². The van der Waals surface area contributed by atoms with Gasteiger partial charge in [0.2, 0.25) is 16.8 Å².